The Morgan fingerprint density at radius 3 is 2.63 bits per heavy atom. The fraction of sp³-hybridized carbons (Fsp3) is 0.190. The number of carbonyl (C=O) groups excluding carboxylic acids is 2. The molecule has 1 heterocycles. The molecule has 0 fully saturated rings. The molecule has 0 saturated carbocycles. The summed E-state index contributed by atoms with van der Waals surface area (Å²) >= 11 is 6.01. The van der Waals surface area contributed by atoms with E-state index < -0.39 is 0 Å². The van der Waals surface area contributed by atoms with Crippen LogP contribution in [-0.4, -0.2) is 23.3 Å². The normalized spacial score (nSPS) is 10.7. The van der Waals surface area contributed by atoms with Gasteiger partial charge in [0.15, 0.2) is 0 Å². The lowest BCUT2D eigenvalue weighted by Gasteiger charge is -2.12. The summed E-state index contributed by atoms with van der Waals surface area (Å²) in [6.07, 6.45) is 0. The van der Waals surface area contributed by atoms with E-state index in [0.717, 1.165) is 27.7 Å². The van der Waals surface area contributed by atoms with E-state index in [9.17, 15) is 9.59 Å². The molecule has 6 heteroatoms. The van der Waals surface area contributed by atoms with Gasteiger partial charge in [0.1, 0.15) is 0 Å². The van der Waals surface area contributed by atoms with Crippen molar-refractivity contribution in [1.29, 1.82) is 0 Å². The molecule has 0 bridgehead atoms. The Morgan fingerprint density at radius 1 is 1.07 bits per heavy atom. The molecule has 1 aromatic heterocycles. The monoisotopic (exact) mass is 381 g/mol. The summed E-state index contributed by atoms with van der Waals surface area (Å²) in [5.74, 6) is -0.635. The SMILES string of the molecule is Cc1cccc(NC(=O)CNC(=O)c2cc3cc(Cl)ccc3nc2C)c1C. The van der Waals surface area contributed by atoms with Crippen LogP contribution in [-0.2, 0) is 4.79 Å². The first-order valence-corrected chi connectivity index (χ1v) is 8.94. The van der Waals surface area contributed by atoms with Gasteiger partial charge in [-0.05, 0) is 62.2 Å². The molecule has 138 valence electrons. The third-order valence-corrected chi connectivity index (χ3v) is 4.74. The van der Waals surface area contributed by atoms with E-state index in [1.54, 1.807) is 25.1 Å². The van der Waals surface area contributed by atoms with Gasteiger partial charge < -0.3 is 10.6 Å². The highest BCUT2D eigenvalue weighted by Crippen LogP contribution is 2.21. The number of aryl methyl sites for hydroxylation is 2. The first-order chi connectivity index (χ1) is 12.8. The van der Waals surface area contributed by atoms with Gasteiger partial charge in [0.25, 0.3) is 5.91 Å². The van der Waals surface area contributed by atoms with E-state index in [2.05, 4.69) is 15.6 Å². The second-order valence-electron chi connectivity index (χ2n) is 6.44. The van der Waals surface area contributed by atoms with Crippen molar-refractivity contribution < 1.29 is 9.59 Å². The molecule has 3 rings (SSSR count). The number of carbonyl (C=O) groups is 2. The largest absolute Gasteiger partial charge is 0.343 e. The topological polar surface area (TPSA) is 71.1 Å². The maximum Gasteiger partial charge on any atom is 0.253 e. The molecule has 27 heavy (non-hydrogen) atoms. The molecule has 2 amide bonds. The minimum Gasteiger partial charge on any atom is -0.343 e. The van der Waals surface area contributed by atoms with Gasteiger partial charge in [-0.2, -0.15) is 0 Å². The quantitative estimate of drug-likeness (QED) is 0.712. The number of anilines is 1. The summed E-state index contributed by atoms with van der Waals surface area (Å²) in [5.41, 5.74) is 4.62. The zero-order chi connectivity index (χ0) is 19.6. The van der Waals surface area contributed by atoms with Crippen LogP contribution in [0.5, 0.6) is 0 Å². The molecule has 5 nitrogen and oxygen atoms in total. The zero-order valence-corrected chi connectivity index (χ0v) is 16.1. The van der Waals surface area contributed by atoms with Crippen LogP contribution in [0.4, 0.5) is 5.69 Å². The van der Waals surface area contributed by atoms with Crippen LogP contribution >= 0.6 is 11.6 Å². The average molecular weight is 382 g/mol. The first kappa shape index (κ1) is 18.9. The fourth-order valence-corrected chi connectivity index (χ4v) is 2.99. The molecule has 2 N–H and O–H groups in total. The van der Waals surface area contributed by atoms with E-state index >= 15 is 0 Å². The van der Waals surface area contributed by atoms with Gasteiger partial charge in [-0.25, -0.2) is 0 Å². The minimum atomic E-state index is -0.349. The van der Waals surface area contributed by atoms with Crippen LogP contribution in [0, 0.1) is 20.8 Å². The molecular formula is C21H20ClN3O2. The van der Waals surface area contributed by atoms with Gasteiger partial charge in [-0.1, -0.05) is 23.7 Å². The second-order valence-corrected chi connectivity index (χ2v) is 6.87. The zero-order valence-electron chi connectivity index (χ0n) is 15.4. The summed E-state index contributed by atoms with van der Waals surface area (Å²) in [4.78, 5) is 29.1. The van der Waals surface area contributed by atoms with Crippen molar-refractivity contribution in [3.05, 3.63) is 69.9 Å². The van der Waals surface area contributed by atoms with Crippen LogP contribution in [0.1, 0.15) is 27.2 Å². The second kappa shape index (κ2) is 7.76. The van der Waals surface area contributed by atoms with Crippen molar-refractivity contribution >= 4 is 40.0 Å². The van der Waals surface area contributed by atoms with Crippen molar-refractivity contribution in [3.63, 3.8) is 0 Å². The fourth-order valence-electron chi connectivity index (χ4n) is 2.81. The first-order valence-electron chi connectivity index (χ1n) is 8.56. The maximum atomic E-state index is 12.5. The highest BCUT2D eigenvalue weighted by molar-refractivity contribution is 6.31. The molecule has 0 aliphatic heterocycles. The van der Waals surface area contributed by atoms with E-state index in [0.29, 0.717) is 16.3 Å². The molecule has 0 aliphatic carbocycles. The standard InChI is InChI=1S/C21H20ClN3O2/c1-12-5-4-6-18(13(12)2)25-20(26)11-23-21(27)17-10-15-9-16(22)7-8-19(15)24-14(17)3/h4-10H,11H2,1-3H3,(H,23,27)(H,25,26). The smallest absolute Gasteiger partial charge is 0.253 e. The Balaban J connectivity index is 1.70. The Morgan fingerprint density at radius 2 is 1.85 bits per heavy atom. The highest BCUT2D eigenvalue weighted by atomic mass is 35.5. The molecular weight excluding hydrogens is 362 g/mol. The van der Waals surface area contributed by atoms with Crippen molar-refractivity contribution in [1.82, 2.24) is 10.3 Å². The van der Waals surface area contributed by atoms with E-state index in [-0.39, 0.29) is 18.4 Å². The van der Waals surface area contributed by atoms with E-state index in [1.165, 1.54) is 0 Å². The average Bonchev–Trinajstić information content (AvgIpc) is 2.63. The van der Waals surface area contributed by atoms with Crippen LogP contribution in [0.15, 0.2) is 42.5 Å². The van der Waals surface area contributed by atoms with Crippen LogP contribution in [0.2, 0.25) is 5.02 Å². The maximum absolute atomic E-state index is 12.5. The summed E-state index contributed by atoms with van der Waals surface area (Å²) in [7, 11) is 0. The minimum absolute atomic E-state index is 0.126. The molecule has 0 aliphatic rings. The summed E-state index contributed by atoms with van der Waals surface area (Å²) in [6, 6.07) is 12.8. The van der Waals surface area contributed by atoms with Gasteiger partial charge in [0, 0.05) is 16.1 Å². The van der Waals surface area contributed by atoms with Crippen LogP contribution in [0.25, 0.3) is 10.9 Å². The molecule has 0 radical (unpaired) electrons. The van der Waals surface area contributed by atoms with Gasteiger partial charge in [0.2, 0.25) is 5.91 Å². The molecule has 0 saturated heterocycles. The van der Waals surface area contributed by atoms with Crippen molar-refractivity contribution in [3.8, 4) is 0 Å². The van der Waals surface area contributed by atoms with Crippen molar-refractivity contribution in [2.24, 2.45) is 0 Å². The van der Waals surface area contributed by atoms with Gasteiger partial charge in [-0.15, -0.1) is 0 Å². The van der Waals surface area contributed by atoms with Gasteiger partial charge >= 0.3 is 0 Å². The predicted octanol–water partition coefficient (Wildman–Crippen LogP) is 4.18. The number of rotatable bonds is 4. The number of hydrogen-bond acceptors (Lipinski definition) is 3. The lowest BCUT2D eigenvalue weighted by molar-refractivity contribution is -0.115. The number of aromatic nitrogens is 1. The van der Waals surface area contributed by atoms with Crippen molar-refractivity contribution in [2.45, 2.75) is 20.8 Å². The molecule has 0 spiro atoms. The molecule has 2 aromatic carbocycles. The van der Waals surface area contributed by atoms with E-state index in [4.69, 9.17) is 11.6 Å². The molecule has 3 aromatic rings. The van der Waals surface area contributed by atoms with Gasteiger partial charge in [-0.3, -0.25) is 14.6 Å². The Labute approximate surface area is 162 Å². The lowest BCUT2D eigenvalue weighted by atomic mass is 10.1. The third-order valence-electron chi connectivity index (χ3n) is 4.50. The predicted molar refractivity (Wildman–Crippen MR) is 108 cm³/mol. The Bertz CT molecular complexity index is 1050. The molecule has 0 unspecified atom stereocenters. The number of hydrogen-bond donors (Lipinski definition) is 2. The summed E-state index contributed by atoms with van der Waals surface area (Å²) < 4.78 is 0. The number of halogens is 1. The van der Waals surface area contributed by atoms with Crippen LogP contribution in [0.3, 0.4) is 0 Å². The highest BCUT2D eigenvalue weighted by Gasteiger charge is 2.14. The summed E-state index contributed by atoms with van der Waals surface area (Å²) in [6.45, 7) is 5.56. The number of benzene rings is 2. The van der Waals surface area contributed by atoms with Crippen LogP contribution < -0.4 is 10.6 Å². The Kier molecular flexibility index (Phi) is 5.42. The number of amides is 2. The van der Waals surface area contributed by atoms with E-state index in [1.807, 2.05) is 38.1 Å². The number of nitrogens with zero attached hydrogens (tertiary/aromatic N) is 1. The number of nitrogens with one attached hydrogen (secondary N) is 2. The summed E-state index contributed by atoms with van der Waals surface area (Å²) in [5, 5.41) is 6.82. The Hall–Kier alpha value is -2.92. The number of fused-ring (bicyclic) bond motifs is 1. The van der Waals surface area contributed by atoms with Gasteiger partial charge in [0.05, 0.1) is 23.3 Å². The number of pyridine rings is 1. The lowest BCUT2D eigenvalue weighted by Crippen LogP contribution is -2.33. The van der Waals surface area contributed by atoms with Crippen molar-refractivity contribution in [2.75, 3.05) is 11.9 Å². The third kappa shape index (κ3) is 4.26. The molecule has 0 atom stereocenters.